The lowest BCUT2D eigenvalue weighted by Gasteiger charge is -2.05. The summed E-state index contributed by atoms with van der Waals surface area (Å²) in [6, 6.07) is 14.8. The summed E-state index contributed by atoms with van der Waals surface area (Å²) in [6.07, 6.45) is 0.950. The molecular formula is C20H19N3OS2. The van der Waals surface area contributed by atoms with Gasteiger partial charge >= 0.3 is 0 Å². The Balaban J connectivity index is 1.46. The van der Waals surface area contributed by atoms with Crippen LogP contribution in [0.1, 0.15) is 35.3 Å². The summed E-state index contributed by atoms with van der Waals surface area (Å²) in [7, 11) is 0. The minimum atomic E-state index is 0.121. The average Bonchev–Trinajstić information content (AvgIpc) is 3.22. The van der Waals surface area contributed by atoms with E-state index in [1.165, 1.54) is 45.4 Å². The maximum Gasteiger partial charge on any atom is 0.206 e. The van der Waals surface area contributed by atoms with Crippen LogP contribution in [-0.4, -0.2) is 27.8 Å². The zero-order chi connectivity index (χ0) is 18.1. The smallest absolute Gasteiger partial charge is 0.206 e. The van der Waals surface area contributed by atoms with Crippen molar-refractivity contribution < 1.29 is 4.79 Å². The highest BCUT2D eigenvalue weighted by Crippen LogP contribution is 2.37. The Labute approximate surface area is 161 Å². The lowest BCUT2D eigenvalue weighted by atomic mass is 10.0. The minimum Gasteiger partial charge on any atom is -0.358 e. The number of hydrogen-bond acceptors (Lipinski definition) is 6. The van der Waals surface area contributed by atoms with Gasteiger partial charge in [-0.25, -0.2) is 0 Å². The zero-order valence-electron chi connectivity index (χ0n) is 14.7. The number of aromatic nitrogens is 2. The molecule has 0 atom stereocenters. The maximum atomic E-state index is 12.6. The van der Waals surface area contributed by atoms with Crippen LogP contribution in [-0.2, 0) is 6.42 Å². The van der Waals surface area contributed by atoms with Crippen LogP contribution < -0.4 is 5.32 Å². The number of carbonyl (C=O) groups is 1. The molecule has 132 valence electrons. The van der Waals surface area contributed by atoms with Crippen LogP contribution in [0.15, 0.2) is 46.8 Å². The quantitative estimate of drug-likeness (QED) is 0.380. The second-order valence-corrected chi connectivity index (χ2v) is 8.79. The fourth-order valence-corrected chi connectivity index (χ4v) is 4.87. The largest absolute Gasteiger partial charge is 0.358 e. The van der Waals surface area contributed by atoms with Gasteiger partial charge in [0.1, 0.15) is 0 Å². The molecule has 1 aliphatic carbocycles. The van der Waals surface area contributed by atoms with Gasteiger partial charge in [-0.2, -0.15) is 0 Å². The highest BCUT2D eigenvalue weighted by Gasteiger charge is 2.19. The van der Waals surface area contributed by atoms with E-state index >= 15 is 0 Å². The van der Waals surface area contributed by atoms with Gasteiger partial charge in [0.25, 0.3) is 0 Å². The van der Waals surface area contributed by atoms with Crippen molar-refractivity contribution >= 4 is 34.0 Å². The number of nitrogens with one attached hydrogen (secondary N) is 1. The first-order valence-electron chi connectivity index (χ1n) is 8.57. The Bertz CT molecular complexity index is 965. The van der Waals surface area contributed by atoms with E-state index in [2.05, 4.69) is 59.7 Å². The van der Waals surface area contributed by atoms with Gasteiger partial charge in [0.05, 0.1) is 5.75 Å². The number of anilines is 1. The SMILES string of the molecule is CC(C)Nc1nnc(SCC(=O)c2ccc3c(c2)-c2ccccc2C3)s1. The molecule has 0 amide bonds. The first kappa shape index (κ1) is 17.2. The summed E-state index contributed by atoms with van der Waals surface area (Å²) >= 11 is 2.93. The van der Waals surface area contributed by atoms with E-state index in [1.807, 2.05) is 12.1 Å². The van der Waals surface area contributed by atoms with Crippen LogP contribution in [0.2, 0.25) is 0 Å². The summed E-state index contributed by atoms with van der Waals surface area (Å²) in [5, 5.41) is 12.3. The molecule has 1 heterocycles. The summed E-state index contributed by atoms with van der Waals surface area (Å²) in [4.78, 5) is 12.6. The number of thioether (sulfide) groups is 1. The van der Waals surface area contributed by atoms with Crippen molar-refractivity contribution in [2.24, 2.45) is 0 Å². The second kappa shape index (κ2) is 7.21. The highest BCUT2D eigenvalue weighted by molar-refractivity contribution is 8.01. The number of rotatable bonds is 6. The van der Waals surface area contributed by atoms with Crippen molar-refractivity contribution in [2.45, 2.75) is 30.6 Å². The Hall–Kier alpha value is -2.18. The first-order chi connectivity index (χ1) is 12.6. The van der Waals surface area contributed by atoms with Crippen LogP contribution in [0.3, 0.4) is 0 Å². The van der Waals surface area contributed by atoms with Gasteiger partial charge in [-0.3, -0.25) is 4.79 Å². The number of Topliss-reactive ketones (excluding diaryl/α,β-unsaturated/α-hetero) is 1. The van der Waals surface area contributed by atoms with E-state index in [9.17, 15) is 4.79 Å². The van der Waals surface area contributed by atoms with Crippen LogP contribution >= 0.6 is 23.1 Å². The summed E-state index contributed by atoms with van der Waals surface area (Å²) in [5.74, 6) is 0.493. The molecule has 26 heavy (non-hydrogen) atoms. The molecule has 6 heteroatoms. The standard InChI is InChI=1S/C20H19N3OS2/c1-12(2)21-19-22-23-20(26-19)25-11-18(24)15-8-7-14-9-13-5-3-4-6-16(13)17(14)10-15/h3-8,10,12H,9,11H2,1-2H3,(H,21,22). The summed E-state index contributed by atoms with van der Waals surface area (Å²) < 4.78 is 0.813. The lowest BCUT2D eigenvalue weighted by molar-refractivity contribution is 0.102. The number of ketones is 1. The molecule has 0 saturated heterocycles. The molecule has 1 N–H and O–H groups in total. The molecule has 1 aliphatic rings. The maximum absolute atomic E-state index is 12.6. The molecule has 0 aliphatic heterocycles. The van der Waals surface area contributed by atoms with Crippen molar-refractivity contribution in [3.63, 3.8) is 0 Å². The monoisotopic (exact) mass is 381 g/mol. The van der Waals surface area contributed by atoms with Crippen molar-refractivity contribution in [3.05, 3.63) is 59.2 Å². The molecular weight excluding hydrogens is 362 g/mol. The van der Waals surface area contributed by atoms with Gasteiger partial charge in [-0.05, 0) is 48.6 Å². The number of carbonyl (C=O) groups excluding carboxylic acids is 1. The highest BCUT2D eigenvalue weighted by atomic mass is 32.2. The summed E-state index contributed by atoms with van der Waals surface area (Å²) in [6.45, 7) is 4.12. The normalized spacial score (nSPS) is 12.1. The van der Waals surface area contributed by atoms with Gasteiger partial charge in [-0.15, -0.1) is 10.2 Å². The molecule has 0 saturated carbocycles. The van der Waals surface area contributed by atoms with Crippen molar-refractivity contribution in [1.82, 2.24) is 10.2 Å². The minimum absolute atomic E-state index is 0.121. The third-order valence-corrected chi connectivity index (χ3v) is 6.25. The average molecular weight is 382 g/mol. The third kappa shape index (κ3) is 3.52. The number of nitrogens with zero attached hydrogens (tertiary/aromatic N) is 2. The third-order valence-electron chi connectivity index (χ3n) is 4.27. The van der Waals surface area contributed by atoms with Crippen LogP contribution in [0, 0.1) is 0 Å². The van der Waals surface area contributed by atoms with Crippen LogP contribution in [0.25, 0.3) is 11.1 Å². The van der Waals surface area contributed by atoms with E-state index in [0.717, 1.165) is 21.5 Å². The molecule has 4 rings (SSSR count). The van der Waals surface area contributed by atoms with E-state index < -0.39 is 0 Å². The van der Waals surface area contributed by atoms with Crippen molar-refractivity contribution in [3.8, 4) is 11.1 Å². The molecule has 1 aromatic heterocycles. The zero-order valence-corrected chi connectivity index (χ0v) is 16.3. The topological polar surface area (TPSA) is 54.9 Å². The number of benzene rings is 2. The fraction of sp³-hybridized carbons (Fsp3) is 0.250. The lowest BCUT2D eigenvalue weighted by Crippen LogP contribution is -2.08. The van der Waals surface area contributed by atoms with Crippen LogP contribution in [0.5, 0.6) is 0 Å². The van der Waals surface area contributed by atoms with Gasteiger partial charge in [0.15, 0.2) is 10.1 Å². The molecule has 0 fully saturated rings. The molecule has 0 bridgehead atoms. The Morgan fingerprint density at radius 1 is 1.15 bits per heavy atom. The van der Waals surface area contributed by atoms with E-state index in [-0.39, 0.29) is 5.78 Å². The van der Waals surface area contributed by atoms with Crippen molar-refractivity contribution in [1.29, 1.82) is 0 Å². The van der Waals surface area contributed by atoms with Gasteiger partial charge in [-0.1, -0.05) is 59.5 Å². The Kier molecular flexibility index (Phi) is 4.78. The van der Waals surface area contributed by atoms with Gasteiger partial charge < -0.3 is 5.32 Å². The molecule has 4 nitrogen and oxygen atoms in total. The molecule has 2 aromatic carbocycles. The van der Waals surface area contributed by atoms with E-state index in [0.29, 0.717) is 11.8 Å². The number of fused-ring (bicyclic) bond motifs is 3. The molecule has 0 unspecified atom stereocenters. The fourth-order valence-electron chi connectivity index (χ4n) is 3.08. The van der Waals surface area contributed by atoms with Crippen LogP contribution in [0.4, 0.5) is 5.13 Å². The van der Waals surface area contributed by atoms with Gasteiger partial charge in [0, 0.05) is 11.6 Å². The predicted molar refractivity (Wildman–Crippen MR) is 108 cm³/mol. The number of hydrogen-bond donors (Lipinski definition) is 1. The van der Waals surface area contributed by atoms with E-state index in [1.54, 1.807) is 0 Å². The Morgan fingerprint density at radius 2 is 1.96 bits per heavy atom. The molecule has 0 radical (unpaired) electrons. The Morgan fingerprint density at radius 3 is 2.81 bits per heavy atom. The first-order valence-corrected chi connectivity index (χ1v) is 10.4. The summed E-state index contributed by atoms with van der Waals surface area (Å²) in [5.41, 5.74) is 5.83. The van der Waals surface area contributed by atoms with Gasteiger partial charge in [0.2, 0.25) is 5.13 Å². The van der Waals surface area contributed by atoms with E-state index in [4.69, 9.17) is 0 Å². The second-order valence-electron chi connectivity index (χ2n) is 6.59. The van der Waals surface area contributed by atoms with Crippen molar-refractivity contribution in [2.75, 3.05) is 11.1 Å². The molecule has 0 spiro atoms. The molecule has 3 aromatic rings. The predicted octanol–water partition coefficient (Wildman–Crippen LogP) is 4.90.